The van der Waals surface area contributed by atoms with Gasteiger partial charge in [-0.25, -0.2) is 4.98 Å². The predicted octanol–water partition coefficient (Wildman–Crippen LogP) is 5.27. The molecular formula is C27H41NO5S. The van der Waals surface area contributed by atoms with Gasteiger partial charge < -0.3 is 15.0 Å². The largest absolute Gasteiger partial charge is 0.457 e. The number of cyclic esters (lactones) is 1. The van der Waals surface area contributed by atoms with E-state index in [0.717, 1.165) is 35.5 Å². The SMILES string of the molecule is [3H]O[C@H]1[C@H](C)CCCC(C)=CC[C@@H](C(C)=Cc2csc(C)n2)OC(=O)C[C@H](O)C(C)(C)C(=O)[C@@H]1C. The number of aryl methyl sites for hydroxylation is 1. The summed E-state index contributed by atoms with van der Waals surface area (Å²) in [6.45, 7) is 12.9. The highest BCUT2D eigenvalue weighted by Gasteiger charge is 2.42. The van der Waals surface area contributed by atoms with Crippen LogP contribution >= 0.6 is 11.3 Å². The summed E-state index contributed by atoms with van der Waals surface area (Å²) in [6, 6.07) is 0. The molecule has 0 bridgehead atoms. The van der Waals surface area contributed by atoms with Gasteiger partial charge in [0.25, 0.3) is 0 Å². The number of nitrogens with zero attached hydrogens (tertiary/aromatic N) is 1. The van der Waals surface area contributed by atoms with Gasteiger partial charge in [0.15, 0.2) is 0 Å². The summed E-state index contributed by atoms with van der Waals surface area (Å²) < 4.78 is 13.4. The number of aliphatic hydroxyl groups excluding tert-OH is 2. The van der Waals surface area contributed by atoms with E-state index in [4.69, 9.17) is 11.3 Å². The molecular weight excluding hydrogens is 450 g/mol. The first-order valence-corrected chi connectivity index (χ1v) is 13.0. The number of ketones is 1. The van der Waals surface area contributed by atoms with E-state index in [1.54, 1.807) is 32.1 Å². The fraction of sp³-hybridized carbons (Fsp3) is 0.667. The van der Waals surface area contributed by atoms with Crippen LogP contribution in [0.25, 0.3) is 6.08 Å². The molecule has 0 saturated carbocycles. The summed E-state index contributed by atoms with van der Waals surface area (Å²) in [5.41, 5.74) is 1.70. The standard InChI is InChI=1S/C27H41NO5S/c1-16-9-8-10-17(2)25(31)19(4)26(32)27(6,7)23(29)14-24(30)33-22(12-11-16)18(3)13-21-15-34-20(5)28-21/h11,13,15,17,19,22-23,25,29,31H,8-10,12,14H2,1-7H3/t17-,19-,22+,23+,25+/m1/s1/i31T. The number of carbonyl (C=O) groups excluding carboxylic acids is 2. The molecule has 0 unspecified atom stereocenters. The van der Waals surface area contributed by atoms with E-state index in [1.807, 2.05) is 32.2 Å². The van der Waals surface area contributed by atoms with Gasteiger partial charge in [0.05, 0.1) is 34.7 Å². The molecule has 0 saturated heterocycles. The first kappa shape index (κ1) is 26.8. The number of esters is 1. The molecule has 5 atom stereocenters. The summed E-state index contributed by atoms with van der Waals surface area (Å²) in [5, 5.41) is 18.8. The van der Waals surface area contributed by atoms with Crippen molar-refractivity contribution in [3.8, 4) is 0 Å². The Labute approximate surface area is 209 Å². The van der Waals surface area contributed by atoms with Gasteiger partial charge in [-0.1, -0.05) is 39.3 Å². The number of hydrogen-bond acceptors (Lipinski definition) is 7. The van der Waals surface area contributed by atoms with Crippen LogP contribution in [0.15, 0.2) is 22.6 Å². The van der Waals surface area contributed by atoms with Crippen LogP contribution in [0.2, 0.25) is 0 Å². The molecule has 6 nitrogen and oxygen atoms in total. The predicted molar refractivity (Wildman–Crippen MR) is 136 cm³/mol. The van der Waals surface area contributed by atoms with Crippen molar-refractivity contribution < 1.29 is 24.5 Å². The van der Waals surface area contributed by atoms with Crippen molar-refractivity contribution in [2.75, 3.05) is 0 Å². The molecule has 0 aromatic carbocycles. The zero-order chi connectivity index (χ0) is 26.3. The third kappa shape index (κ3) is 7.59. The fourth-order valence-corrected chi connectivity index (χ4v) is 4.96. The van der Waals surface area contributed by atoms with E-state index in [2.05, 4.69) is 18.0 Å². The summed E-state index contributed by atoms with van der Waals surface area (Å²) >= 11 is 1.56. The Balaban J connectivity index is 2.35. The molecule has 1 aliphatic heterocycles. The van der Waals surface area contributed by atoms with E-state index in [1.165, 1.54) is 5.57 Å². The van der Waals surface area contributed by atoms with Crippen molar-refractivity contribution in [2.24, 2.45) is 17.3 Å². The lowest BCUT2D eigenvalue weighted by Gasteiger charge is -2.34. The quantitative estimate of drug-likeness (QED) is 0.440. The van der Waals surface area contributed by atoms with Crippen molar-refractivity contribution in [1.82, 2.24) is 4.98 Å². The summed E-state index contributed by atoms with van der Waals surface area (Å²) in [4.78, 5) is 30.7. The maximum absolute atomic E-state index is 13.3. The molecule has 0 radical (unpaired) electrons. The number of aliphatic hydroxyl groups is 2. The molecule has 0 amide bonds. The van der Waals surface area contributed by atoms with Gasteiger partial charge in [-0.05, 0) is 57.6 Å². The molecule has 1 aromatic rings. The van der Waals surface area contributed by atoms with Crippen molar-refractivity contribution >= 4 is 29.2 Å². The van der Waals surface area contributed by atoms with Crippen LogP contribution in [0.4, 0.5) is 0 Å². The second-order valence-electron chi connectivity index (χ2n) is 10.4. The second kappa shape index (κ2) is 12.2. The molecule has 2 N–H and O–H groups in total. The monoisotopic (exact) mass is 493 g/mol. The van der Waals surface area contributed by atoms with Crippen LogP contribution in [0.1, 0.15) is 84.3 Å². The average molecular weight is 494 g/mol. The lowest BCUT2D eigenvalue weighted by Crippen LogP contribution is -2.45. The third-order valence-electron chi connectivity index (χ3n) is 7.00. The average Bonchev–Trinajstić information content (AvgIpc) is 3.19. The van der Waals surface area contributed by atoms with Gasteiger partial charge in [-0.15, -0.1) is 11.3 Å². The van der Waals surface area contributed by atoms with Crippen molar-refractivity contribution in [2.45, 2.75) is 98.9 Å². The maximum Gasteiger partial charge on any atom is 0.309 e. The van der Waals surface area contributed by atoms with E-state index in [-0.39, 0.29) is 18.1 Å². The first-order valence-electron chi connectivity index (χ1n) is 12.6. The molecule has 0 aliphatic carbocycles. The summed E-state index contributed by atoms with van der Waals surface area (Å²) in [7, 11) is 0. The van der Waals surface area contributed by atoms with Crippen LogP contribution in [0, 0.1) is 24.2 Å². The van der Waals surface area contributed by atoms with Crippen LogP contribution < -0.4 is 0 Å². The van der Waals surface area contributed by atoms with Gasteiger partial charge in [0, 0.05) is 17.7 Å². The van der Waals surface area contributed by atoms with Crippen molar-refractivity contribution in [3.05, 3.63) is 33.3 Å². The normalized spacial score (nSPS) is 30.9. The highest BCUT2D eigenvalue weighted by Crippen LogP contribution is 2.32. The van der Waals surface area contributed by atoms with Crippen LogP contribution in [-0.2, 0) is 14.3 Å². The van der Waals surface area contributed by atoms with Gasteiger partial charge in [0.1, 0.15) is 11.9 Å². The highest BCUT2D eigenvalue weighted by molar-refractivity contribution is 7.09. The molecule has 2 rings (SSSR count). The number of carbonyl (C=O) groups is 2. The van der Waals surface area contributed by atoms with E-state index >= 15 is 0 Å². The minimum atomic E-state index is -1.22. The minimum Gasteiger partial charge on any atom is -0.457 e. The van der Waals surface area contributed by atoms with E-state index in [9.17, 15) is 14.7 Å². The molecule has 1 aliphatic rings. The molecule has 0 spiro atoms. The minimum absolute atomic E-state index is 0.00422. The Kier molecular flexibility index (Phi) is 9.63. The smallest absolute Gasteiger partial charge is 0.309 e. The number of thiazole rings is 1. The van der Waals surface area contributed by atoms with Gasteiger partial charge in [-0.3, -0.25) is 9.59 Å². The summed E-state index contributed by atoms with van der Waals surface area (Å²) in [6.07, 6.45) is 4.55. The van der Waals surface area contributed by atoms with Gasteiger partial charge in [0.2, 0.25) is 1.43 Å². The Morgan fingerprint density at radius 3 is 2.65 bits per heavy atom. The van der Waals surface area contributed by atoms with E-state index in [0.29, 0.717) is 6.42 Å². The van der Waals surface area contributed by atoms with E-state index < -0.39 is 35.6 Å². The number of aromatic nitrogens is 1. The van der Waals surface area contributed by atoms with Crippen LogP contribution in [0.5, 0.6) is 0 Å². The number of ether oxygens (including phenoxy) is 1. The molecule has 1 aromatic heterocycles. The zero-order valence-electron chi connectivity index (χ0n) is 22.6. The Hall–Kier alpha value is -1.83. The lowest BCUT2D eigenvalue weighted by atomic mass is 9.73. The Bertz CT molecular complexity index is 938. The highest BCUT2D eigenvalue weighted by atomic mass is 32.1. The number of hydrogen-bond donors (Lipinski definition) is 2. The lowest BCUT2D eigenvalue weighted by molar-refractivity contribution is -0.154. The molecule has 0 fully saturated rings. The molecule has 34 heavy (non-hydrogen) atoms. The fourth-order valence-electron chi connectivity index (χ4n) is 4.39. The number of allylic oxidation sites excluding steroid dienone is 1. The zero-order valence-corrected chi connectivity index (χ0v) is 22.4. The Morgan fingerprint density at radius 2 is 2.03 bits per heavy atom. The maximum atomic E-state index is 13.3. The van der Waals surface area contributed by atoms with Gasteiger partial charge >= 0.3 is 5.97 Å². The molecule has 190 valence electrons. The third-order valence-corrected chi connectivity index (χ3v) is 7.79. The number of rotatable bonds is 3. The second-order valence-corrected chi connectivity index (χ2v) is 11.4. The van der Waals surface area contributed by atoms with Crippen molar-refractivity contribution in [3.63, 3.8) is 0 Å². The van der Waals surface area contributed by atoms with Crippen LogP contribution in [0.3, 0.4) is 0 Å². The van der Waals surface area contributed by atoms with Crippen molar-refractivity contribution in [1.29, 1.82) is 1.43 Å². The summed E-state index contributed by atoms with van der Waals surface area (Å²) in [5.74, 6) is -1.37. The molecule has 7 heteroatoms. The topological polar surface area (TPSA) is 96.7 Å². The Morgan fingerprint density at radius 1 is 1.32 bits per heavy atom. The van der Waals surface area contributed by atoms with Crippen LogP contribution in [-0.4, -0.2) is 46.7 Å². The molecule has 2 heterocycles. The van der Waals surface area contributed by atoms with Gasteiger partial charge in [-0.2, -0.15) is 0 Å². The first-order chi connectivity index (χ1) is 16.4. The number of Topliss-reactive ketones (excluding diaryl/α,β-unsaturated/α-hetero) is 1.